The van der Waals surface area contributed by atoms with Crippen LogP contribution in [0.2, 0.25) is 5.02 Å². The smallest absolute Gasteiger partial charge is 0.326 e. The first-order valence-corrected chi connectivity index (χ1v) is 5.34. The fourth-order valence-corrected chi connectivity index (χ4v) is 1.46. The molecule has 0 bridgehead atoms. The van der Waals surface area contributed by atoms with Gasteiger partial charge in [0.15, 0.2) is 0 Å². The van der Waals surface area contributed by atoms with E-state index in [1.165, 1.54) is 23.2 Å². The Bertz CT molecular complexity index is 583. The van der Waals surface area contributed by atoms with E-state index in [1.807, 2.05) is 0 Å². The van der Waals surface area contributed by atoms with Crippen LogP contribution in [0.4, 0.5) is 16.4 Å². The minimum absolute atomic E-state index is 0.172. The van der Waals surface area contributed by atoms with Gasteiger partial charge in [0.1, 0.15) is 0 Å². The van der Waals surface area contributed by atoms with Crippen molar-refractivity contribution < 1.29 is 9.90 Å². The summed E-state index contributed by atoms with van der Waals surface area (Å²) in [6.45, 7) is 0. The fourth-order valence-electron chi connectivity index (χ4n) is 1.30. The maximum absolute atomic E-state index is 11.7. The normalized spacial score (nSPS) is 10.1. The molecule has 0 aliphatic rings. The molecule has 2 aromatic rings. The topological polar surface area (TPSA) is 92.1 Å². The van der Waals surface area contributed by atoms with E-state index in [0.717, 1.165) is 0 Å². The number of nitrogens with zero attached hydrogens (tertiary/aromatic N) is 3. The Labute approximate surface area is 107 Å². The molecular formula is C10H10ClN5O2. The zero-order valence-corrected chi connectivity index (χ0v) is 10.1. The lowest BCUT2D eigenvalue weighted by molar-refractivity contribution is 0.262. The molecule has 0 aliphatic carbocycles. The third-order valence-corrected chi connectivity index (χ3v) is 2.41. The van der Waals surface area contributed by atoms with Crippen molar-refractivity contribution in [3.8, 4) is 5.88 Å². The van der Waals surface area contributed by atoms with E-state index >= 15 is 0 Å². The Morgan fingerprint density at radius 2 is 2.28 bits per heavy atom. The van der Waals surface area contributed by atoms with Crippen LogP contribution in [-0.4, -0.2) is 25.7 Å². The molecular weight excluding hydrogens is 258 g/mol. The number of anilines is 2. The van der Waals surface area contributed by atoms with Crippen molar-refractivity contribution in [1.29, 1.82) is 0 Å². The Hall–Kier alpha value is -2.28. The van der Waals surface area contributed by atoms with Crippen molar-refractivity contribution in [2.75, 3.05) is 10.6 Å². The molecule has 0 aliphatic heterocycles. The summed E-state index contributed by atoms with van der Waals surface area (Å²) < 4.78 is 1.48. The van der Waals surface area contributed by atoms with Gasteiger partial charge in [0.05, 0.1) is 16.9 Å². The van der Waals surface area contributed by atoms with Crippen LogP contribution in [0.3, 0.4) is 0 Å². The largest absolute Gasteiger partial charge is 0.492 e. The number of imidazole rings is 1. The fraction of sp³-hybridized carbons (Fsp3) is 0.100. The first-order valence-electron chi connectivity index (χ1n) is 4.96. The molecule has 0 atom stereocenters. The number of carbonyl (C=O) groups excluding carboxylic acids is 1. The number of nitrogens with one attached hydrogen (secondary N) is 2. The SMILES string of the molecule is Cn1cc(O)nc1NC(=O)Nc1ccncc1Cl. The average molecular weight is 268 g/mol. The number of hydrogen-bond acceptors (Lipinski definition) is 4. The van der Waals surface area contributed by atoms with E-state index in [-0.39, 0.29) is 11.8 Å². The highest BCUT2D eigenvalue weighted by atomic mass is 35.5. The molecule has 2 aromatic heterocycles. The first-order chi connectivity index (χ1) is 8.56. The van der Waals surface area contributed by atoms with E-state index in [2.05, 4.69) is 20.6 Å². The summed E-state index contributed by atoms with van der Waals surface area (Å²) in [5.41, 5.74) is 0.433. The number of rotatable bonds is 2. The zero-order chi connectivity index (χ0) is 13.1. The lowest BCUT2D eigenvalue weighted by atomic mass is 10.4. The molecule has 0 unspecified atom stereocenters. The Morgan fingerprint density at radius 1 is 1.50 bits per heavy atom. The van der Waals surface area contributed by atoms with E-state index in [4.69, 9.17) is 16.7 Å². The van der Waals surface area contributed by atoms with Crippen LogP contribution < -0.4 is 10.6 Å². The Balaban J connectivity index is 2.06. The molecule has 94 valence electrons. The molecule has 0 fully saturated rings. The molecule has 0 spiro atoms. The summed E-state index contributed by atoms with van der Waals surface area (Å²) in [6.07, 6.45) is 4.30. The van der Waals surface area contributed by atoms with Gasteiger partial charge in [-0.05, 0) is 6.07 Å². The molecule has 0 radical (unpaired) electrons. The van der Waals surface area contributed by atoms with Crippen LogP contribution in [0.1, 0.15) is 0 Å². The number of aromatic nitrogens is 3. The highest BCUT2D eigenvalue weighted by Crippen LogP contribution is 2.19. The lowest BCUT2D eigenvalue weighted by Crippen LogP contribution is -2.21. The van der Waals surface area contributed by atoms with Gasteiger partial charge in [-0.15, -0.1) is 0 Å². The quantitative estimate of drug-likeness (QED) is 0.774. The lowest BCUT2D eigenvalue weighted by Gasteiger charge is -2.07. The number of pyridine rings is 1. The predicted molar refractivity (Wildman–Crippen MR) is 66.8 cm³/mol. The van der Waals surface area contributed by atoms with Crippen LogP contribution in [0.25, 0.3) is 0 Å². The number of aromatic hydroxyl groups is 1. The Morgan fingerprint density at radius 3 is 2.89 bits per heavy atom. The third-order valence-electron chi connectivity index (χ3n) is 2.11. The summed E-state index contributed by atoms with van der Waals surface area (Å²) in [5.74, 6) is 0.0462. The first kappa shape index (κ1) is 12.2. The molecule has 0 aromatic carbocycles. The highest BCUT2D eigenvalue weighted by molar-refractivity contribution is 6.33. The van der Waals surface area contributed by atoms with Crippen molar-refractivity contribution in [2.45, 2.75) is 0 Å². The molecule has 2 rings (SSSR count). The van der Waals surface area contributed by atoms with E-state index in [1.54, 1.807) is 13.1 Å². The number of hydrogen-bond donors (Lipinski definition) is 3. The predicted octanol–water partition coefficient (Wildman–Crippen LogP) is 1.82. The van der Waals surface area contributed by atoms with Gasteiger partial charge < -0.3 is 15.0 Å². The van der Waals surface area contributed by atoms with Crippen molar-refractivity contribution >= 4 is 29.3 Å². The summed E-state index contributed by atoms with van der Waals surface area (Å²) in [6, 6.07) is 1.05. The van der Waals surface area contributed by atoms with Gasteiger partial charge in [0.2, 0.25) is 11.8 Å². The van der Waals surface area contributed by atoms with Gasteiger partial charge in [0.25, 0.3) is 0 Å². The number of halogens is 1. The number of urea groups is 1. The van der Waals surface area contributed by atoms with Gasteiger partial charge in [-0.1, -0.05) is 11.6 Å². The molecule has 18 heavy (non-hydrogen) atoms. The second-order valence-corrected chi connectivity index (χ2v) is 3.88. The monoisotopic (exact) mass is 267 g/mol. The van der Waals surface area contributed by atoms with Crippen LogP contribution in [0, 0.1) is 0 Å². The molecule has 2 heterocycles. The summed E-state index contributed by atoms with van der Waals surface area (Å²) in [4.78, 5) is 19.2. The summed E-state index contributed by atoms with van der Waals surface area (Å²) >= 11 is 5.84. The van der Waals surface area contributed by atoms with Gasteiger partial charge in [-0.3, -0.25) is 10.3 Å². The molecule has 8 heteroatoms. The van der Waals surface area contributed by atoms with E-state index in [9.17, 15) is 4.79 Å². The zero-order valence-electron chi connectivity index (χ0n) is 9.38. The van der Waals surface area contributed by atoms with Gasteiger partial charge in [0, 0.05) is 19.4 Å². The summed E-state index contributed by atoms with van der Waals surface area (Å²) in [7, 11) is 1.64. The highest BCUT2D eigenvalue weighted by Gasteiger charge is 2.09. The minimum atomic E-state index is -0.517. The van der Waals surface area contributed by atoms with Crippen LogP contribution in [0.15, 0.2) is 24.7 Å². The number of amides is 2. The van der Waals surface area contributed by atoms with E-state index < -0.39 is 6.03 Å². The molecule has 0 saturated carbocycles. The standard InChI is InChI=1S/C10H10ClN5O2/c1-16-5-8(17)14-9(16)15-10(18)13-7-2-3-12-4-6(7)11/h2-5,17H,1H3,(H2,12,13,14,15,18). The van der Waals surface area contributed by atoms with Gasteiger partial charge in [-0.2, -0.15) is 4.98 Å². The van der Waals surface area contributed by atoms with E-state index in [0.29, 0.717) is 10.7 Å². The maximum atomic E-state index is 11.7. The average Bonchev–Trinajstić information content (AvgIpc) is 2.61. The minimum Gasteiger partial charge on any atom is -0.492 e. The van der Waals surface area contributed by atoms with Crippen molar-refractivity contribution in [3.63, 3.8) is 0 Å². The van der Waals surface area contributed by atoms with Gasteiger partial charge >= 0.3 is 6.03 Å². The van der Waals surface area contributed by atoms with Crippen LogP contribution in [0.5, 0.6) is 5.88 Å². The van der Waals surface area contributed by atoms with Gasteiger partial charge in [-0.25, -0.2) is 4.79 Å². The van der Waals surface area contributed by atoms with Crippen molar-refractivity contribution in [3.05, 3.63) is 29.7 Å². The third kappa shape index (κ3) is 2.69. The second-order valence-electron chi connectivity index (χ2n) is 3.47. The number of carbonyl (C=O) groups is 1. The number of aryl methyl sites for hydroxylation is 1. The Kier molecular flexibility index (Phi) is 3.33. The second kappa shape index (κ2) is 4.92. The van der Waals surface area contributed by atoms with Crippen LogP contribution in [-0.2, 0) is 7.05 Å². The molecule has 3 N–H and O–H groups in total. The molecule has 0 saturated heterocycles. The molecule has 7 nitrogen and oxygen atoms in total. The molecule has 2 amide bonds. The van der Waals surface area contributed by atoms with Crippen molar-refractivity contribution in [1.82, 2.24) is 14.5 Å². The maximum Gasteiger partial charge on any atom is 0.326 e. The van der Waals surface area contributed by atoms with Crippen molar-refractivity contribution in [2.24, 2.45) is 7.05 Å². The summed E-state index contributed by atoms with van der Waals surface area (Å²) in [5, 5.41) is 14.5. The van der Waals surface area contributed by atoms with Crippen LogP contribution >= 0.6 is 11.6 Å².